The van der Waals surface area contributed by atoms with E-state index in [4.69, 9.17) is 27.9 Å². The van der Waals surface area contributed by atoms with Gasteiger partial charge in [-0.25, -0.2) is 8.42 Å². The minimum absolute atomic E-state index is 0.102. The van der Waals surface area contributed by atoms with Crippen LogP contribution in [0.25, 0.3) is 0 Å². The Hall–Kier alpha value is -0.330. The van der Waals surface area contributed by atoms with Gasteiger partial charge in [-0.2, -0.15) is 4.31 Å². The lowest BCUT2D eigenvalue weighted by Crippen LogP contribution is -2.40. The molecule has 2 rings (SSSR count). The number of hydrogen-bond donors (Lipinski definition) is 0. The predicted molar refractivity (Wildman–Crippen MR) is 79.9 cm³/mol. The van der Waals surface area contributed by atoms with Gasteiger partial charge < -0.3 is 4.74 Å². The van der Waals surface area contributed by atoms with Crippen LogP contribution in [-0.2, 0) is 14.8 Å². The molecule has 7 heteroatoms. The zero-order chi connectivity index (χ0) is 14.6. The largest absolute Gasteiger partial charge is 0.377 e. The first-order valence-corrected chi connectivity index (χ1v) is 8.82. The van der Waals surface area contributed by atoms with Gasteiger partial charge in [0.15, 0.2) is 0 Å². The molecule has 1 aliphatic heterocycles. The van der Waals surface area contributed by atoms with Crippen LogP contribution in [0.4, 0.5) is 0 Å². The van der Waals surface area contributed by atoms with Gasteiger partial charge in [0.05, 0.1) is 17.6 Å². The number of hydrogen-bond acceptors (Lipinski definition) is 3. The second-order valence-corrected chi connectivity index (χ2v) is 7.37. The molecule has 0 N–H and O–H groups in total. The van der Waals surface area contributed by atoms with Crippen molar-refractivity contribution in [2.24, 2.45) is 0 Å². The molecule has 112 valence electrons. The molecule has 0 bridgehead atoms. The molecule has 0 amide bonds. The van der Waals surface area contributed by atoms with Crippen molar-refractivity contribution in [3.05, 3.63) is 29.3 Å². The summed E-state index contributed by atoms with van der Waals surface area (Å²) in [5.41, 5.74) is 0. The smallest absolute Gasteiger partial charge is 0.243 e. The maximum Gasteiger partial charge on any atom is 0.243 e. The van der Waals surface area contributed by atoms with E-state index in [1.54, 1.807) is 12.1 Å². The first-order chi connectivity index (χ1) is 9.54. The van der Waals surface area contributed by atoms with E-state index in [9.17, 15) is 8.42 Å². The van der Waals surface area contributed by atoms with E-state index >= 15 is 0 Å². The highest BCUT2D eigenvalue weighted by Crippen LogP contribution is 2.23. The third-order valence-corrected chi connectivity index (χ3v) is 5.60. The minimum atomic E-state index is -3.43. The molecule has 1 aliphatic rings. The monoisotopic (exact) mass is 337 g/mol. The minimum Gasteiger partial charge on any atom is -0.377 e. The molecule has 1 heterocycles. The van der Waals surface area contributed by atoms with Crippen molar-refractivity contribution in [3.63, 3.8) is 0 Å². The summed E-state index contributed by atoms with van der Waals surface area (Å²) in [4.78, 5) is 0.280. The van der Waals surface area contributed by atoms with Crippen molar-refractivity contribution in [2.75, 3.05) is 25.6 Å². The summed E-state index contributed by atoms with van der Waals surface area (Å²) in [5, 5.41) is 0.525. The Kier molecular flexibility index (Phi) is 5.69. The molecule has 1 fully saturated rings. The Balaban J connectivity index is 2.00. The first-order valence-electron chi connectivity index (χ1n) is 6.47. The second-order valence-electron chi connectivity index (χ2n) is 4.62. The van der Waals surface area contributed by atoms with Crippen LogP contribution in [0.5, 0.6) is 0 Å². The second kappa shape index (κ2) is 7.09. The molecule has 0 saturated carbocycles. The highest BCUT2D eigenvalue weighted by Gasteiger charge is 2.29. The molecule has 0 aliphatic carbocycles. The maximum atomic E-state index is 12.4. The summed E-state index contributed by atoms with van der Waals surface area (Å²) in [6, 6.07) is 6.25. The molecule has 1 aromatic rings. The Labute approximate surface area is 129 Å². The Morgan fingerprint density at radius 2 is 1.80 bits per heavy atom. The third-order valence-electron chi connectivity index (χ3n) is 3.28. The van der Waals surface area contributed by atoms with Gasteiger partial charge in [-0.05, 0) is 37.1 Å². The normalized spacial score (nSPS) is 18.3. The fourth-order valence-corrected chi connectivity index (χ4v) is 3.89. The van der Waals surface area contributed by atoms with Gasteiger partial charge in [0, 0.05) is 24.0 Å². The van der Waals surface area contributed by atoms with Crippen LogP contribution in [0.1, 0.15) is 12.8 Å². The fourth-order valence-electron chi connectivity index (χ4n) is 2.21. The lowest BCUT2D eigenvalue weighted by atomic mass is 10.1. The lowest BCUT2D eigenvalue weighted by molar-refractivity contribution is 0.0301. The number of benzene rings is 1. The number of ether oxygens (including phenoxy) is 1. The molecular formula is C13H17Cl2NO3S. The molecule has 0 radical (unpaired) electrons. The maximum absolute atomic E-state index is 12.4. The van der Waals surface area contributed by atoms with Crippen LogP contribution < -0.4 is 0 Å². The van der Waals surface area contributed by atoms with E-state index < -0.39 is 10.0 Å². The van der Waals surface area contributed by atoms with E-state index in [1.165, 1.54) is 16.4 Å². The van der Waals surface area contributed by atoms with E-state index in [0.29, 0.717) is 43.4 Å². The molecule has 1 saturated heterocycles. The van der Waals surface area contributed by atoms with Gasteiger partial charge >= 0.3 is 0 Å². The number of nitrogens with zero attached hydrogens (tertiary/aromatic N) is 1. The summed E-state index contributed by atoms with van der Waals surface area (Å²) < 4.78 is 31.9. The predicted octanol–water partition coefficient (Wildman–Crippen LogP) is 2.75. The third kappa shape index (κ3) is 3.86. The first kappa shape index (κ1) is 16.0. The lowest BCUT2D eigenvalue weighted by Gasteiger charge is -2.31. The zero-order valence-corrected chi connectivity index (χ0v) is 13.3. The molecule has 0 unspecified atom stereocenters. The standard InChI is InChI=1S/C13H17Cl2NO3S/c14-7-10-19-12-5-8-16(9-6-12)20(17,18)13-3-1-11(15)2-4-13/h1-4,12H,5-10H2. The van der Waals surface area contributed by atoms with Crippen molar-refractivity contribution in [2.45, 2.75) is 23.8 Å². The van der Waals surface area contributed by atoms with Crippen molar-refractivity contribution in [1.29, 1.82) is 0 Å². The van der Waals surface area contributed by atoms with Crippen LogP contribution in [-0.4, -0.2) is 44.4 Å². The highest BCUT2D eigenvalue weighted by atomic mass is 35.5. The van der Waals surface area contributed by atoms with E-state index in [0.717, 1.165) is 0 Å². The van der Waals surface area contributed by atoms with Crippen LogP contribution in [0, 0.1) is 0 Å². The molecule has 4 nitrogen and oxygen atoms in total. The average Bonchev–Trinajstić information content (AvgIpc) is 2.46. The van der Waals surface area contributed by atoms with Crippen LogP contribution >= 0.6 is 23.2 Å². The number of rotatable bonds is 5. The van der Waals surface area contributed by atoms with E-state index in [1.807, 2.05) is 0 Å². The molecule has 0 spiro atoms. The molecular weight excluding hydrogens is 321 g/mol. The Morgan fingerprint density at radius 1 is 1.20 bits per heavy atom. The SMILES string of the molecule is O=S(=O)(c1ccc(Cl)cc1)N1CCC(OCCCl)CC1. The van der Waals surface area contributed by atoms with Gasteiger partial charge in [0.25, 0.3) is 0 Å². The van der Waals surface area contributed by atoms with Crippen LogP contribution in [0.2, 0.25) is 5.02 Å². The van der Waals surface area contributed by atoms with Gasteiger partial charge in [0.2, 0.25) is 10.0 Å². The Bertz CT molecular complexity index is 525. The zero-order valence-electron chi connectivity index (χ0n) is 11.0. The number of piperidine rings is 1. The summed E-state index contributed by atoms with van der Waals surface area (Å²) in [6.07, 6.45) is 1.50. The van der Waals surface area contributed by atoms with Gasteiger partial charge in [-0.1, -0.05) is 11.6 Å². The van der Waals surface area contributed by atoms with Gasteiger partial charge in [-0.15, -0.1) is 11.6 Å². The number of alkyl halides is 1. The van der Waals surface area contributed by atoms with Crippen molar-refractivity contribution in [1.82, 2.24) is 4.31 Å². The topological polar surface area (TPSA) is 46.6 Å². The van der Waals surface area contributed by atoms with E-state index in [-0.39, 0.29) is 11.0 Å². The van der Waals surface area contributed by atoms with Crippen molar-refractivity contribution >= 4 is 33.2 Å². The van der Waals surface area contributed by atoms with Crippen molar-refractivity contribution in [3.8, 4) is 0 Å². The average molecular weight is 338 g/mol. The summed E-state index contributed by atoms with van der Waals surface area (Å²) in [5.74, 6) is 0.462. The molecule has 20 heavy (non-hydrogen) atoms. The van der Waals surface area contributed by atoms with Crippen LogP contribution in [0.15, 0.2) is 29.2 Å². The highest BCUT2D eigenvalue weighted by molar-refractivity contribution is 7.89. The number of sulfonamides is 1. The Morgan fingerprint density at radius 3 is 2.35 bits per heavy atom. The summed E-state index contributed by atoms with van der Waals surface area (Å²) in [6.45, 7) is 1.45. The fraction of sp³-hybridized carbons (Fsp3) is 0.538. The molecule has 1 aromatic carbocycles. The molecule has 0 aromatic heterocycles. The summed E-state index contributed by atoms with van der Waals surface area (Å²) >= 11 is 11.4. The van der Waals surface area contributed by atoms with E-state index in [2.05, 4.69) is 0 Å². The number of halogens is 2. The van der Waals surface area contributed by atoms with Crippen LogP contribution in [0.3, 0.4) is 0 Å². The summed E-state index contributed by atoms with van der Waals surface area (Å²) in [7, 11) is -3.43. The molecule has 0 atom stereocenters. The van der Waals surface area contributed by atoms with Gasteiger partial charge in [-0.3, -0.25) is 0 Å². The quantitative estimate of drug-likeness (QED) is 0.776. The van der Waals surface area contributed by atoms with Crippen molar-refractivity contribution < 1.29 is 13.2 Å². The van der Waals surface area contributed by atoms with Gasteiger partial charge in [0.1, 0.15) is 0 Å².